The first-order chi connectivity index (χ1) is 9.04. The minimum Gasteiger partial charge on any atom is -0.395 e. The zero-order valence-corrected chi connectivity index (χ0v) is 11.3. The van der Waals surface area contributed by atoms with Crippen molar-refractivity contribution in [3.05, 3.63) is 22.8 Å². The number of nitrogen functional groups attached to an aromatic ring is 1. The molecule has 0 bridgehead atoms. The van der Waals surface area contributed by atoms with E-state index in [-0.39, 0.29) is 11.6 Å². The molecule has 2 aromatic heterocycles. The van der Waals surface area contributed by atoms with Crippen LogP contribution < -0.4 is 11.1 Å². The fourth-order valence-electron chi connectivity index (χ4n) is 1.91. The summed E-state index contributed by atoms with van der Waals surface area (Å²) in [5.74, 6) is -0.330. The molecule has 0 radical (unpaired) electrons. The average molecular weight is 262 g/mol. The van der Waals surface area contributed by atoms with E-state index in [2.05, 4.69) is 25.7 Å². The van der Waals surface area contributed by atoms with Crippen molar-refractivity contribution < 1.29 is 4.79 Å². The quantitative estimate of drug-likeness (QED) is 0.669. The Morgan fingerprint density at radius 1 is 1.32 bits per heavy atom. The van der Waals surface area contributed by atoms with Gasteiger partial charge in [0.05, 0.1) is 28.5 Å². The van der Waals surface area contributed by atoms with Crippen molar-refractivity contribution in [3.8, 4) is 0 Å². The number of aryl methyl sites for hydroxylation is 3. The van der Waals surface area contributed by atoms with E-state index >= 15 is 0 Å². The molecule has 0 aliphatic rings. The Morgan fingerprint density at radius 3 is 2.63 bits per heavy atom. The summed E-state index contributed by atoms with van der Waals surface area (Å²) in [6, 6.07) is 0. The van der Waals surface area contributed by atoms with E-state index in [0.717, 1.165) is 29.9 Å². The van der Waals surface area contributed by atoms with E-state index in [0.29, 0.717) is 11.4 Å². The van der Waals surface area contributed by atoms with E-state index in [1.54, 1.807) is 0 Å². The van der Waals surface area contributed by atoms with E-state index < -0.39 is 0 Å². The Hall–Kier alpha value is -2.31. The predicted molar refractivity (Wildman–Crippen MR) is 73.0 cm³/mol. The van der Waals surface area contributed by atoms with Gasteiger partial charge in [-0.2, -0.15) is 10.2 Å². The van der Waals surface area contributed by atoms with E-state index in [4.69, 9.17) is 5.73 Å². The van der Waals surface area contributed by atoms with Gasteiger partial charge in [0.2, 0.25) is 0 Å². The summed E-state index contributed by atoms with van der Waals surface area (Å²) in [5, 5.41) is 16.4. The van der Waals surface area contributed by atoms with Gasteiger partial charge in [-0.1, -0.05) is 13.3 Å². The molecule has 2 rings (SSSR count). The molecule has 7 heteroatoms. The van der Waals surface area contributed by atoms with Crippen LogP contribution in [0.1, 0.15) is 40.9 Å². The average Bonchev–Trinajstić information content (AvgIpc) is 2.88. The summed E-state index contributed by atoms with van der Waals surface area (Å²) >= 11 is 0. The molecular formula is C12H18N6O. The molecule has 0 fully saturated rings. The zero-order valence-electron chi connectivity index (χ0n) is 11.3. The Morgan fingerprint density at radius 2 is 2.05 bits per heavy atom. The molecule has 0 saturated carbocycles. The second-order valence-electron chi connectivity index (χ2n) is 4.48. The highest BCUT2D eigenvalue weighted by molar-refractivity contribution is 6.07. The molecule has 5 N–H and O–H groups in total. The molecule has 0 atom stereocenters. The number of nitrogens with two attached hydrogens (primary N) is 1. The molecule has 19 heavy (non-hydrogen) atoms. The molecular weight excluding hydrogens is 244 g/mol. The van der Waals surface area contributed by atoms with Gasteiger partial charge < -0.3 is 11.1 Å². The number of aromatic nitrogens is 4. The van der Waals surface area contributed by atoms with Crippen molar-refractivity contribution in [2.75, 3.05) is 11.1 Å². The van der Waals surface area contributed by atoms with Gasteiger partial charge in [0.1, 0.15) is 0 Å². The van der Waals surface area contributed by atoms with Crippen molar-refractivity contribution in [1.82, 2.24) is 20.4 Å². The van der Waals surface area contributed by atoms with Crippen LogP contribution in [0.5, 0.6) is 0 Å². The van der Waals surface area contributed by atoms with Gasteiger partial charge in [0.25, 0.3) is 5.91 Å². The smallest absolute Gasteiger partial charge is 0.278 e. The van der Waals surface area contributed by atoms with Gasteiger partial charge in [-0.15, -0.1) is 0 Å². The standard InChI is InChI=1S/C12H18N6O/c1-4-5-8-9(13)11(18-17-8)12(19)14-10-6(2)15-16-7(10)3/h4-5,13H2,1-3H3,(H,14,19)(H,15,16)(H,17,18). The molecule has 0 aliphatic carbocycles. The van der Waals surface area contributed by atoms with Crippen LogP contribution in [0.2, 0.25) is 0 Å². The van der Waals surface area contributed by atoms with Gasteiger partial charge in [-0.3, -0.25) is 15.0 Å². The van der Waals surface area contributed by atoms with Crippen LogP contribution in [-0.2, 0) is 6.42 Å². The first kappa shape index (κ1) is 13.1. The highest BCUT2D eigenvalue weighted by atomic mass is 16.2. The Balaban J connectivity index is 2.21. The maximum atomic E-state index is 12.1. The predicted octanol–water partition coefficient (Wildman–Crippen LogP) is 1.54. The lowest BCUT2D eigenvalue weighted by Crippen LogP contribution is -2.15. The van der Waals surface area contributed by atoms with E-state index in [9.17, 15) is 4.79 Å². The molecule has 0 saturated heterocycles. The number of hydrogen-bond donors (Lipinski definition) is 4. The lowest BCUT2D eigenvalue weighted by molar-refractivity contribution is 0.102. The van der Waals surface area contributed by atoms with Gasteiger partial charge in [-0.25, -0.2) is 0 Å². The fourth-order valence-corrected chi connectivity index (χ4v) is 1.91. The summed E-state index contributed by atoms with van der Waals surface area (Å²) in [4.78, 5) is 12.1. The summed E-state index contributed by atoms with van der Waals surface area (Å²) in [6.07, 6.45) is 1.71. The van der Waals surface area contributed by atoms with Crippen LogP contribution >= 0.6 is 0 Å². The molecule has 2 aromatic rings. The third-order valence-electron chi connectivity index (χ3n) is 2.96. The summed E-state index contributed by atoms with van der Waals surface area (Å²) in [6.45, 7) is 5.69. The Labute approximate surface area is 111 Å². The number of hydrogen-bond acceptors (Lipinski definition) is 4. The lowest BCUT2D eigenvalue weighted by atomic mass is 10.2. The van der Waals surface area contributed by atoms with Crippen LogP contribution in [0.4, 0.5) is 11.4 Å². The number of H-pyrrole nitrogens is 2. The van der Waals surface area contributed by atoms with Gasteiger partial charge in [0.15, 0.2) is 5.69 Å². The Kier molecular flexibility index (Phi) is 3.55. The lowest BCUT2D eigenvalue weighted by Gasteiger charge is -2.03. The molecule has 0 aromatic carbocycles. The number of rotatable bonds is 4. The number of nitrogens with zero attached hydrogens (tertiary/aromatic N) is 2. The Bertz CT molecular complexity index is 578. The number of carbonyl (C=O) groups excluding carboxylic acids is 1. The van der Waals surface area contributed by atoms with Crippen molar-refractivity contribution in [2.24, 2.45) is 0 Å². The van der Waals surface area contributed by atoms with Crippen molar-refractivity contribution in [3.63, 3.8) is 0 Å². The first-order valence-corrected chi connectivity index (χ1v) is 6.20. The zero-order chi connectivity index (χ0) is 14.0. The number of carbonyl (C=O) groups is 1. The van der Waals surface area contributed by atoms with Gasteiger partial charge in [0, 0.05) is 0 Å². The van der Waals surface area contributed by atoms with Gasteiger partial charge in [-0.05, 0) is 20.3 Å². The van der Waals surface area contributed by atoms with Crippen LogP contribution in [0.25, 0.3) is 0 Å². The van der Waals surface area contributed by atoms with Crippen LogP contribution in [0.3, 0.4) is 0 Å². The molecule has 102 valence electrons. The largest absolute Gasteiger partial charge is 0.395 e. The molecule has 7 nitrogen and oxygen atoms in total. The summed E-state index contributed by atoms with van der Waals surface area (Å²) in [5.41, 5.74) is 9.56. The van der Waals surface area contributed by atoms with E-state index in [1.807, 2.05) is 20.8 Å². The van der Waals surface area contributed by atoms with Crippen molar-refractivity contribution in [2.45, 2.75) is 33.6 Å². The third-order valence-corrected chi connectivity index (χ3v) is 2.96. The molecule has 1 amide bonds. The summed E-state index contributed by atoms with van der Waals surface area (Å²) < 4.78 is 0. The maximum Gasteiger partial charge on any atom is 0.278 e. The topological polar surface area (TPSA) is 112 Å². The molecule has 0 aliphatic heterocycles. The van der Waals surface area contributed by atoms with Crippen molar-refractivity contribution in [1.29, 1.82) is 0 Å². The SMILES string of the molecule is CCCc1[nH]nc(C(=O)Nc2c(C)n[nH]c2C)c1N. The minimum atomic E-state index is -0.330. The van der Waals surface area contributed by atoms with Crippen LogP contribution in [0.15, 0.2) is 0 Å². The monoisotopic (exact) mass is 262 g/mol. The van der Waals surface area contributed by atoms with Crippen LogP contribution in [0, 0.1) is 13.8 Å². The van der Waals surface area contributed by atoms with Gasteiger partial charge >= 0.3 is 0 Å². The normalized spacial score (nSPS) is 10.7. The second-order valence-corrected chi connectivity index (χ2v) is 4.48. The second kappa shape index (κ2) is 5.13. The van der Waals surface area contributed by atoms with E-state index in [1.165, 1.54) is 0 Å². The number of anilines is 2. The number of amides is 1. The number of nitrogens with one attached hydrogen (secondary N) is 3. The van der Waals surface area contributed by atoms with Crippen LogP contribution in [-0.4, -0.2) is 26.3 Å². The highest BCUT2D eigenvalue weighted by Gasteiger charge is 2.19. The third kappa shape index (κ3) is 2.44. The molecule has 0 spiro atoms. The van der Waals surface area contributed by atoms with Crippen molar-refractivity contribution >= 4 is 17.3 Å². The first-order valence-electron chi connectivity index (χ1n) is 6.20. The fraction of sp³-hybridized carbons (Fsp3) is 0.417. The minimum absolute atomic E-state index is 0.225. The highest BCUT2D eigenvalue weighted by Crippen LogP contribution is 2.20. The maximum absolute atomic E-state index is 12.1. The number of aromatic amines is 2. The molecule has 2 heterocycles. The summed E-state index contributed by atoms with van der Waals surface area (Å²) in [7, 11) is 0. The molecule has 0 unspecified atom stereocenters.